The Bertz CT molecular complexity index is 482. The number of para-hydroxylation sites is 1. The first-order chi connectivity index (χ1) is 9.70. The molecule has 2 rings (SSSR count). The Balaban J connectivity index is 1.98. The number of ether oxygens (including phenoxy) is 1. The fourth-order valence-electron chi connectivity index (χ4n) is 2.44. The number of piperidine rings is 1. The van der Waals surface area contributed by atoms with Crippen LogP contribution >= 0.6 is 0 Å². The minimum Gasteiger partial charge on any atom is -0.465 e. The predicted molar refractivity (Wildman–Crippen MR) is 76.6 cm³/mol. The van der Waals surface area contributed by atoms with Crippen LogP contribution in [0.2, 0.25) is 0 Å². The van der Waals surface area contributed by atoms with Gasteiger partial charge in [-0.15, -0.1) is 0 Å². The molecule has 1 saturated heterocycles. The van der Waals surface area contributed by atoms with Crippen molar-refractivity contribution in [1.82, 2.24) is 5.32 Å². The minimum atomic E-state index is -0.444. The summed E-state index contributed by atoms with van der Waals surface area (Å²) in [7, 11) is 1.33. The van der Waals surface area contributed by atoms with Gasteiger partial charge in [-0.2, -0.15) is 0 Å². The Kier molecular flexibility index (Phi) is 5.12. The second-order valence-electron chi connectivity index (χ2n) is 5.00. The van der Waals surface area contributed by atoms with Crippen LogP contribution in [-0.4, -0.2) is 32.1 Å². The van der Waals surface area contributed by atoms with Gasteiger partial charge in [-0.25, -0.2) is 4.79 Å². The van der Waals surface area contributed by atoms with Gasteiger partial charge in [-0.1, -0.05) is 12.1 Å². The van der Waals surface area contributed by atoms with Crippen molar-refractivity contribution in [2.45, 2.75) is 19.3 Å². The molecule has 20 heavy (non-hydrogen) atoms. The van der Waals surface area contributed by atoms with Gasteiger partial charge in [-0.05, 0) is 44.0 Å². The highest BCUT2D eigenvalue weighted by molar-refractivity contribution is 6.01. The van der Waals surface area contributed by atoms with Crippen LogP contribution in [-0.2, 0) is 9.53 Å². The largest absolute Gasteiger partial charge is 0.465 e. The number of rotatable bonds is 4. The molecule has 1 aliphatic heterocycles. The molecule has 1 unspecified atom stereocenters. The number of methoxy groups -OCH3 is 1. The molecule has 1 fully saturated rings. The molecule has 1 aromatic carbocycles. The SMILES string of the molecule is COC(=O)c1ccccc1NC(=O)CC1CCCNC1. The van der Waals surface area contributed by atoms with Crippen molar-refractivity contribution in [3.63, 3.8) is 0 Å². The van der Waals surface area contributed by atoms with Crippen LogP contribution in [0.3, 0.4) is 0 Å². The lowest BCUT2D eigenvalue weighted by atomic mass is 9.96. The zero-order chi connectivity index (χ0) is 14.4. The number of nitrogens with one attached hydrogen (secondary N) is 2. The molecule has 1 aromatic rings. The van der Waals surface area contributed by atoms with Gasteiger partial charge in [0, 0.05) is 6.42 Å². The first kappa shape index (κ1) is 14.5. The van der Waals surface area contributed by atoms with E-state index in [1.165, 1.54) is 7.11 Å². The lowest BCUT2D eigenvalue weighted by molar-refractivity contribution is -0.117. The highest BCUT2D eigenvalue weighted by atomic mass is 16.5. The van der Waals surface area contributed by atoms with Gasteiger partial charge in [0.25, 0.3) is 0 Å². The standard InChI is InChI=1S/C15H20N2O3/c1-20-15(19)12-6-2-3-7-13(12)17-14(18)9-11-5-4-8-16-10-11/h2-3,6-7,11,16H,4-5,8-10H2,1H3,(H,17,18). The number of hydrogen-bond donors (Lipinski definition) is 2. The van der Waals surface area contributed by atoms with Gasteiger partial charge >= 0.3 is 5.97 Å². The van der Waals surface area contributed by atoms with Crippen LogP contribution in [0.1, 0.15) is 29.6 Å². The Morgan fingerprint density at radius 1 is 1.40 bits per heavy atom. The van der Waals surface area contributed by atoms with Crippen LogP contribution in [0, 0.1) is 5.92 Å². The van der Waals surface area contributed by atoms with Gasteiger partial charge in [0.2, 0.25) is 5.91 Å². The van der Waals surface area contributed by atoms with Gasteiger partial charge in [0.1, 0.15) is 0 Å². The molecule has 0 radical (unpaired) electrons. The van der Waals surface area contributed by atoms with E-state index in [2.05, 4.69) is 10.6 Å². The minimum absolute atomic E-state index is 0.0601. The predicted octanol–water partition coefficient (Wildman–Crippen LogP) is 1.80. The average molecular weight is 276 g/mol. The third-order valence-corrected chi connectivity index (χ3v) is 3.48. The first-order valence-electron chi connectivity index (χ1n) is 6.88. The third kappa shape index (κ3) is 3.81. The summed E-state index contributed by atoms with van der Waals surface area (Å²) < 4.78 is 4.71. The smallest absolute Gasteiger partial charge is 0.339 e. The number of carbonyl (C=O) groups is 2. The molecule has 0 spiro atoms. The first-order valence-corrected chi connectivity index (χ1v) is 6.88. The molecule has 0 aliphatic carbocycles. The van der Waals surface area contributed by atoms with Crippen LogP contribution < -0.4 is 10.6 Å². The molecule has 1 heterocycles. The maximum atomic E-state index is 12.1. The molecular formula is C15H20N2O3. The lowest BCUT2D eigenvalue weighted by Crippen LogP contribution is -2.32. The third-order valence-electron chi connectivity index (χ3n) is 3.48. The molecule has 5 nitrogen and oxygen atoms in total. The van der Waals surface area contributed by atoms with Crippen molar-refractivity contribution in [1.29, 1.82) is 0 Å². The number of anilines is 1. The van der Waals surface area contributed by atoms with Gasteiger partial charge in [0.15, 0.2) is 0 Å². The Labute approximate surface area is 118 Å². The second-order valence-corrected chi connectivity index (χ2v) is 5.00. The molecule has 5 heteroatoms. The maximum Gasteiger partial charge on any atom is 0.339 e. The molecule has 1 aliphatic rings. The van der Waals surface area contributed by atoms with E-state index < -0.39 is 5.97 Å². The van der Waals surface area contributed by atoms with E-state index in [-0.39, 0.29) is 5.91 Å². The van der Waals surface area contributed by atoms with E-state index in [0.29, 0.717) is 23.6 Å². The van der Waals surface area contributed by atoms with Crippen LogP contribution in [0.25, 0.3) is 0 Å². The monoisotopic (exact) mass is 276 g/mol. The lowest BCUT2D eigenvalue weighted by Gasteiger charge is -2.22. The van der Waals surface area contributed by atoms with Crippen LogP contribution in [0.4, 0.5) is 5.69 Å². The van der Waals surface area contributed by atoms with Crippen LogP contribution in [0.15, 0.2) is 24.3 Å². The fourth-order valence-corrected chi connectivity index (χ4v) is 2.44. The molecular weight excluding hydrogens is 256 g/mol. The normalized spacial score (nSPS) is 18.4. The van der Waals surface area contributed by atoms with E-state index in [0.717, 1.165) is 25.9 Å². The van der Waals surface area contributed by atoms with Gasteiger partial charge in [0.05, 0.1) is 18.4 Å². The van der Waals surface area contributed by atoms with Crippen molar-refractivity contribution in [2.24, 2.45) is 5.92 Å². The Hall–Kier alpha value is -1.88. The topological polar surface area (TPSA) is 67.4 Å². The molecule has 1 atom stereocenters. The summed E-state index contributed by atoms with van der Waals surface area (Å²) in [6.45, 7) is 1.91. The number of benzene rings is 1. The summed E-state index contributed by atoms with van der Waals surface area (Å²) in [6, 6.07) is 6.88. The van der Waals surface area contributed by atoms with Gasteiger partial charge in [-0.3, -0.25) is 4.79 Å². The average Bonchev–Trinajstić information content (AvgIpc) is 2.48. The number of amides is 1. The van der Waals surface area contributed by atoms with E-state index in [9.17, 15) is 9.59 Å². The zero-order valence-corrected chi connectivity index (χ0v) is 11.6. The Morgan fingerprint density at radius 2 is 2.20 bits per heavy atom. The summed E-state index contributed by atoms with van der Waals surface area (Å²) in [5.74, 6) is -0.135. The summed E-state index contributed by atoms with van der Waals surface area (Å²) in [5, 5.41) is 6.09. The fraction of sp³-hybridized carbons (Fsp3) is 0.467. The highest BCUT2D eigenvalue weighted by Gasteiger charge is 2.18. The number of hydrogen-bond acceptors (Lipinski definition) is 4. The summed E-state index contributed by atoms with van der Waals surface area (Å²) in [4.78, 5) is 23.7. The van der Waals surface area contributed by atoms with E-state index in [4.69, 9.17) is 4.74 Å². The summed E-state index contributed by atoms with van der Waals surface area (Å²) in [6.07, 6.45) is 2.65. The van der Waals surface area contributed by atoms with Crippen molar-refractivity contribution in [3.8, 4) is 0 Å². The van der Waals surface area contributed by atoms with E-state index >= 15 is 0 Å². The summed E-state index contributed by atoms with van der Waals surface area (Å²) in [5.41, 5.74) is 0.887. The van der Waals surface area contributed by atoms with Crippen molar-refractivity contribution >= 4 is 17.6 Å². The van der Waals surface area contributed by atoms with Gasteiger partial charge < -0.3 is 15.4 Å². The van der Waals surface area contributed by atoms with Crippen LogP contribution in [0.5, 0.6) is 0 Å². The van der Waals surface area contributed by atoms with Crippen molar-refractivity contribution in [2.75, 3.05) is 25.5 Å². The highest BCUT2D eigenvalue weighted by Crippen LogP contribution is 2.19. The van der Waals surface area contributed by atoms with E-state index in [1.54, 1.807) is 24.3 Å². The summed E-state index contributed by atoms with van der Waals surface area (Å²) >= 11 is 0. The maximum absolute atomic E-state index is 12.1. The molecule has 0 saturated carbocycles. The number of carbonyl (C=O) groups excluding carboxylic acids is 2. The molecule has 1 amide bonds. The Morgan fingerprint density at radius 3 is 2.90 bits per heavy atom. The van der Waals surface area contributed by atoms with Crippen molar-refractivity contribution < 1.29 is 14.3 Å². The van der Waals surface area contributed by atoms with E-state index in [1.807, 2.05) is 0 Å². The molecule has 2 N–H and O–H groups in total. The van der Waals surface area contributed by atoms with Crippen molar-refractivity contribution in [3.05, 3.63) is 29.8 Å². The molecule has 0 bridgehead atoms. The number of esters is 1. The quantitative estimate of drug-likeness (QED) is 0.823. The molecule has 108 valence electrons. The molecule has 0 aromatic heterocycles. The zero-order valence-electron chi connectivity index (χ0n) is 11.6. The second kappa shape index (κ2) is 7.05.